The Hall–Kier alpha value is -0.950. The maximum absolute atomic E-state index is 11.5. The van der Waals surface area contributed by atoms with Crippen LogP contribution in [0.4, 0.5) is 4.79 Å². The molecule has 6 nitrogen and oxygen atoms in total. The molecule has 1 aliphatic heterocycles. The highest BCUT2D eigenvalue weighted by molar-refractivity contribution is 9.10. The van der Waals surface area contributed by atoms with Crippen LogP contribution in [-0.2, 0) is 4.79 Å². The zero-order valence-corrected chi connectivity index (χ0v) is 9.82. The van der Waals surface area contributed by atoms with E-state index < -0.39 is 10.9 Å². The topological polar surface area (TPSA) is 82.0 Å². The number of urea groups is 1. The molecule has 1 atom stereocenters. The molecule has 84 valence electrons. The van der Waals surface area contributed by atoms with Gasteiger partial charge in [-0.25, -0.2) is 4.79 Å². The van der Waals surface area contributed by atoms with Crippen LogP contribution in [0.1, 0.15) is 6.42 Å². The Morgan fingerprint density at radius 2 is 2.27 bits per heavy atom. The molecule has 0 saturated carbocycles. The Labute approximate surface area is 95.5 Å². The lowest BCUT2D eigenvalue weighted by Gasteiger charge is -2.26. The van der Waals surface area contributed by atoms with Crippen LogP contribution < -0.4 is 5.32 Å². The minimum Gasteiger partial charge on any atom is -0.396 e. The molecule has 0 bridgehead atoms. The number of amides is 3. The number of nitrogens with zero attached hydrogens (tertiary/aromatic N) is 2. The molecule has 0 radical (unpaired) electrons. The van der Waals surface area contributed by atoms with Gasteiger partial charge in [0.15, 0.2) is 4.83 Å². The average Bonchev–Trinajstić information content (AvgIpc) is 2.23. The van der Waals surface area contributed by atoms with E-state index in [4.69, 9.17) is 5.11 Å². The van der Waals surface area contributed by atoms with E-state index in [9.17, 15) is 9.59 Å². The van der Waals surface area contributed by atoms with Gasteiger partial charge >= 0.3 is 6.03 Å². The zero-order valence-electron chi connectivity index (χ0n) is 8.23. The molecule has 0 aromatic carbocycles. The first-order valence-corrected chi connectivity index (χ1v) is 5.37. The fourth-order valence-corrected chi connectivity index (χ4v) is 1.60. The molecule has 7 heteroatoms. The predicted molar refractivity (Wildman–Crippen MR) is 58.0 cm³/mol. The highest BCUT2D eigenvalue weighted by atomic mass is 79.9. The molecular weight excluding hydrogens is 266 g/mol. The van der Waals surface area contributed by atoms with Crippen LogP contribution in [-0.4, -0.2) is 52.8 Å². The van der Waals surface area contributed by atoms with Crippen molar-refractivity contribution in [1.82, 2.24) is 10.2 Å². The normalized spacial score (nSPS) is 24.6. The number of alkyl halides is 1. The minimum absolute atomic E-state index is 0.0333. The summed E-state index contributed by atoms with van der Waals surface area (Å²) in [5, 5.41) is 11.1. The van der Waals surface area contributed by atoms with E-state index in [0.717, 1.165) is 4.90 Å². The zero-order chi connectivity index (χ0) is 11.4. The lowest BCUT2D eigenvalue weighted by Crippen LogP contribution is -2.57. The molecule has 1 heterocycles. The van der Waals surface area contributed by atoms with Crippen molar-refractivity contribution in [1.29, 1.82) is 0 Å². The molecule has 1 fully saturated rings. The molecule has 2 N–H and O–H groups in total. The Morgan fingerprint density at radius 1 is 1.60 bits per heavy atom. The maximum Gasteiger partial charge on any atom is 0.329 e. The van der Waals surface area contributed by atoms with E-state index in [1.54, 1.807) is 0 Å². The number of nitrogens with one attached hydrogen (secondary N) is 1. The van der Waals surface area contributed by atoms with Crippen LogP contribution in [0, 0.1) is 0 Å². The molecule has 0 aliphatic carbocycles. The molecule has 15 heavy (non-hydrogen) atoms. The largest absolute Gasteiger partial charge is 0.396 e. The van der Waals surface area contributed by atoms with Crippen LogP contribution in [0.5, 0.6) is 0 Å². The first-order chi connectivity index (χ1) is 7.07. The van der Waals surface area contributed by atoms with Gasteiger partial charge in [-0.1, -0.05) is 15.9 Å². The van der Waals surface area contributed by atoms with Crippen molar-refractivity contribution in [3.05, 3.63) is 0 Å². The van der Waals surface area contributed by atoms with Gasteiger partial charge in [-0.05, 0) is 6.42 Å². The Bertz CT molecular complexity index is 306. The van der Waals surface area contributed by atoms with Gasteiger partial charge in [0.2, 0.25) is 0 Å². The van der Waals surface area contributed by atoms with E-state index in [2.05, 4.69) is 26.2 Å². The summed E-state index contributed by atoms with van der Waals surface area (Å²) in [6, 6.07) is -0.488. The summed E-state index contributed by atoms with van der Waals surface area (Å²) in [5.41, 5.74) is 0. The average molecular weight is 278 g/mol. The van der Waals surface area contributed by atoms with Crippen molar-refractivity contribution in [3.8, 4) is 0 Å². The molecule has 0 spiro atoms. The van der Waals surface area contributed by atoms with Crippen LogP contribution in [0.25, 0.3) is 0 Å². The first-order valence-electron chi connectivity index (χ1n) is 4.45. The van der Waals surface area contributed by atoms with E-state index in [1.165, 1.54) is 7.05 Å². The second kappa shape index (κ2) is 5.22. The van der Waals surface area contributed by atoms with Crippen LogP contribution >= 0.6 is 15.9 Å². The van der Waals surface area contributed by atoms with Crippen molar-refractivity contribution in [3.63, 3.8) is 0 Å². The third-order valence-electron chi connectivity index (χ3n) is 1.93. The summed E-state index contributed by atoms with van der Waals surface area (Å²) >= 11 is 3.14. The number of rotatable bonds is 3. The number of hydrogen-bond donors (Lipinski definition) is 2. The SMILES string of the molecule is CN1C(=O)NC(=NCCCO)C(Br)C1=O. The maximum atomic E-state index is 11.5. The van der Waals surface area contributed by atoms with Crippen molar-refractivity contribution < 1.29 is 14.7 Å². The fourth-order valence-electron chi connectivity index (χ4n) is 1.03. The number of amidine groups is 1. The standard InChI is InChI=1S/C8H12BrN3O3/c1-12-7(14)5(9)6(11-8(12)15)10-3-2-4-13/h5,13H,2-4H2,1H3,(H,10,11,15). The minimum atomic E-state index is -0.612. The van der Waals surface area contributed by atoms with Gasteiger partial charge in [0, 0.05) is 20.2 Å². The highest BCUT2D eigenvalue weighted by Gasteiger charge is 2.34. The van der Waals surface area contributed by atoms with Crippen LogP contribution in [0.15, 0.2) is 4.99 Å². The summed E-state index contributed by atoms with van der Waals surface area (Å²) in [6.45, 7) is 0.413. The molecule has 1 aliphatic rings. The highest BCUT2D eigenvalue weighted by Crippen LogP contribution is 2.10. The van der Waals surface area contributed by atoms with Gasteiger partial charge in [-0.15, -0.1) is 0 Å². The molecule has 0 aromatic rings. The van der Waals surface area contributed by atoms with Gasteiger partial charge in [0.25, 0.3) is 5.91 Å². The number of imide groups is 1. The van der Waals surface area contributed by atoms with E-state index >= 15 is 0 Å². The van der Waals surface area contributed by atoms with E-state index in [-0.39, 0.29) is 12.5 Å². The van der Waals surface area contributed by atoms with Crippen molar-refractivity contribution >= 4 is 33.7 Å². The number of carbonyl (C=O) groups is 2. The predicted octanol–water partition coefficient (Wildman–Crippen LogP) is -0.288. The number of aliphatic hydroxyl groups is 1. The van der Waals surface area contributed by atoms with Crippen molar-refractivity contribution in [2.45, 2.75) is 11.2 Å². The second-order valence-electron chi connectivity index (χ2n) is 3.03. The number of aliphatic hydroxyl groups excluding tert-OH is 1. The lowest BCUT2D eigenvalue weighted by atomic mass is 10.3. The summed E-state index contributed by atoms with van der Waals surface area (Å²) in [5.74, 6) is -0.0435. The lowest BCUT2D eigenvalue weighted by molar-refractivity contribution is -0.125. The monoisotopic (exact) mass is 277 g/mol. The smallest absolute Gasteiger partial charge is 0.329 e. The fraction of sp³-hybridized carbons (Fsp3) is 0.625. The molecule has 1 unspecified atom stereocenters. The molecule has 0 aromatic heterocycles. The Kier molecular flexibility index (Phi) is 4.22. The van der Waals surface area contributed by atoms with Gasteiger partial charge in [0.1, 0.15) is 5.84 Å². The molecule has 1 saturated heterocycles. The van der Waals surface area contributed by atoms with Gasteiger partial charge in [-0.2, -0.15) is 0 Å². The van der Waals surface area contributed by atoms with Crippen molar-refractivity contribution in [2.24, 2.45) is 4.99 Å². The summed E-state index contributed by atoms with van der Waals surface area (Å²) in [6.07, 6.45) is 0.503. The molecule has 1 rings (SSSR count). The number of hydrogen-bond acceptors (Lipinski definition) is 4. The molecular formula is C8H12BrN3O3. The van der Waals surface area contributed by atoms with Crippen LogP contribution in [0.2, 0.25) is 0 Å². The van der Waals surface area contributed by atoms with Crippen molar-refractivity contribution in [2.75, 3.05) is 20.2 Å². The third-order valence-corrected chi connectivity index (χ3v) is 2.75. The number of halogens is 1. The first kappa shape index (κ1) is 12.1. The Balaban J connectivity index is 2.70. The van der Waals surface area contributed by atoms with Gasteiger partial charge in [-0.3, -0.25) is 20.0 Å². The number of carbonyl (C=O) groups excluding carboxylic acids is 2. The third kappa shape index (κ3) is 2.75. The quantitative estimate of drug-likeness (QED) is 0.550. The van der Waals surface area contributed by atoms with Gasteiger partial charge in [0.05, 0.1) is 0 Å². The summed E-state index contributed by atoms with van der Waals surface area (Å²) in [4.78, 5) is 27.1. The van der Waals surface area contributed by atoms with Gasteiger partial charge < -0.3 is 5.11 Å². The second-order valence-corrected chi connectivity index (χ2v) is 3.95. The van der Waals surface area contributed by atoms with E-state index in [1.807, 2.05) is 0 Å². The summed E-state index contributed by atoms with van der Waals surface area (Å²) in [7, 11) is 1.40. The Morgan fingerprint density at radius 3 is 2.87 bits per heavy atom. The van der Waals surface area contributed by atoms with Crippen LogP contribution in [0.3, 0.4) is 0 Å². The summed E-state index contributed by atoms with van der Waals surface area (Å²) < 4.78 is 0. The number of aliphatic imine (C=N–C) groups is 1. The molecule has 3 amide bonds. The van der Waals surface area contributed by atoms with E-state index in [0.29, 0.717) is 18.8 Å².